The van der Waals surface area contributed by atoms with Crippen molar-refractivity contribution in [1.29, 1.82) is 0 Å². The van der Waals surface area contributed by atoms with E-state index in [1.165, 1.54) is 29.7 Å². The Morgan fingerprint density at radius 1 is 1.27 bits per heavy atom. The maximum absolute atomic E-state index is 12.6. The van der Waals surface area contributed by atoms with Gasteiger partial charge < -0.3 is 9.64 Å². The predicted molar refractivity (Wildman–Crippen MR) is 111 cm³/mol. The minimum Gasteiger partial charge on any atom is -0.454 e. The van der Waals surface area contributed by atoms with E-state index in [1.807, 2.05) is 23.8 Å². The number of rotatable bonds is 5. The third kappa shape index (κ3) is 3.85. The van der Waals surface area contributed by atoms with E-state index < -0.39 is 22.6 Å². The van der Waals surface area contributed by atoms with E-state index in [4.69, 9.17) is 4.74 Å². The Morgan fingerprint density at radius 3 is 2.80 bits per heavy atom. The molecule has 0 radical (unpaired) electrons. The van der Waals surface area contributed by atoms with Crippen molar-refractivity contribution in [3.8, 4) is 5.13 Å². The van der Waals surface area contributed by atoms with Crippen molar-refractivity contribution in [2.75, 3.05) is 18.9 Å². The Bertz CT molecular complexity index is 1220. The molecule has 0 aliphatic carbocycles. The van der Waals surface area contributed by atoms with Gasteiger partial charge in [-0.15, -0.1) is 15.7 Å². The summed E-state index contributed by atoms with van der Waals surface area (Å²) in [4.78, 5) is 30.9. The number of esters is 1. The largest absolute Gasteiger partial charge is 0.454 e. The molecule has 0 fully saturated rings. The standard InChI is InChI=1S/C19H18N4O5S2/c1-12-9-15(13(2)23(12)19-20-5-7-29-19)16(24)11-28-18(25)14-3-4-17-21-30(26,27)8-6-22(17)10-14/h3-5,7,9-10H,6,8,11H2,1-2H3. The summed E-state index contributed by atoms with van der Waals surface area (Å²) in [7, 11) is -3.47. The fourth-order valence-corrected chi connectivity index (χ4v) is 5.00. The van der Waals surface area contributed by atoms with E-state index in [9.17, 15) is 18.0 Å². The molecule has 2 aliphatic rings. The lowest BCUT2D eigenvalue weighted by molar-refractivity contribution is -0.137. The predicted octanol–water partition coefficient (Wildman–Crippen LogP) is 1.77. The highest BCUT2D eigenvalue weighted by Crippen LogP contribution is 2.23. The van der Waals surface area contributed by atoms with Gasteiger partial charge >= 0.3 is 5.97 Å². The van der Waals surface area contributed by atoms with Crippen LogP contribution in [0.15, 0.2) is 46.0 Å². The zero-order chi connectivity index (χ0) is 21.5. The van der Waals surface area contributed by atoms with Gasteiger partial charge in [0, 0.05) is 41.3 Å². The highest BCUT2D eigenvalue weighted by Gasteiger charge is 2.26. The number of fused-ring (bicyclic) bond motifs is 1. The number of aromatic nitrogens is 2. The number of nitrogens with zero attached hydrogens (tertiary/aromatic N) is 4. The number of carbonyl (C=O) groups is 2. The minimum absolute atomic E-state index is 0.129. The molecule has 0 atom stereocenters. The van der Waals surface area contributed by atoms with Gasteiger partial charge in [0.05, 0.1) is 11.3 Å². The number of sulfonamides is 1. The van der Waals surface area contributed by atoms with Crippen molar-refractivity contribution in [2.24, 2.45) is 4.40 Å². The van der Waals surface area contributed by atoms with Crippen LogP contribution in [-0.4, -0.2) is 59.4 Å². The molecule has 2 aromatic heterocycles. The van der Waals surface area contributed by atoms with Crippen molar-refractivity contribution < 1.29 is 22.7 Å². The Labute approximate surface area is 177 Å². The van der Waals surface area contributed by atoms with Crippen LogP contribution >= 0.6 is 11.3 Å². The van der Waals surface area contributed by atoms with Crippen LogP contribution in [0.5, 0.6) is 0 Å². The molecule has 0 spiro atoms. The quantitative estimate of drug-likeness (QED) is 0.508. The molecule has 156 valence electrons. The highest BCUT2D eigenvalue weighted by molar-refractivity contribution is 7.90. The van der Waals surface area contributed by atoms with E-state index >= 15 is 0 Å². The zero-order valence-corrected chi connectivity index (χ0v) is 17.9. The van der Waals surface area contributed by atoms with Gasteiger partial charge in [-0.2, -0.15) is 0 Å². The number of ether oxygens (including phenoxy) is 1. The van der Waals surface area contributed by atoms with Crippen molar-refractivity contribution >= 4 is 38.9 Å². The van der Waals surface area contributed by atoms with Gasteiger partial charge in [-0.25, -0.2) is 18.2 Å². The number of hydrogen-bond acceptors (Lipinski definition) is 8. The molecule has 2 aromatic rings. The lowest BCUT2D eigenvalue weighted by atomic mass is 10.1. The summed E-state index contributed by atoms with van der Waals surface area (Å²) in [5.74, 6) is -0.855. The number of ketones is 1. The van der Waals surface area contributed by atoms with Gasteiger partial charge in [-0.3, -0.25) is 9.36 Å². The van der Waals surface area contributed by atoms with Gasteiger partial charge in [-0.05, 0) is 32.1 Å². The summed E-state index contributed by atoms with van der Waals surface area (Å²) in [6, 6.07) is 1.75. The second kappa shape index (κ2) is 7.65. The number of Topliss-reactive ketones (excluding diaryl/α,β-unsaturated/α-hetero) is 1. The normalized spacial score (nSPS) is 17.2. The maximum Gasteiger partial charge on any atom is 0.340 e. The molecule has 30 heavy (non-hydrogen) atoms. The number of aryl methyl sites for hydroxylation is 1. The topological polar surface area (TPSA) is 111 Å². The summed E-state index contributed by atoms with van der Waals surface area (Å²) in [5, 5.41) is 2.62. The van der Waals surface area contributed by atoms with Gasteiger partial charge in [0.2, 0.25) is 5.78 Å². The van der Waals surface area contributed by atoms with E-state index in [2.05, 4.69) is 9.38 Å². The third-order valence-electron chi connectivity index (χ3n) is 4.74. The summed E-state index contributed by atoms with van der Waals surface area (Å²) in [6.07, 6.45) is 6.05. The molecule has 0 amide bonds. The monoisotopic (exact) mass is 446 g/mol. The first-order valence-corrected chi connectivity index (χ1v) is 11.5. The molecule has 0 unspecified atom stereocenters. The average molecular weight is 447 g/mol. The second-order valence-corrected chi connectivity index (χ2v) is 9.41. The highest BCUT2D eigenvalue weighted by atomic mass is 32.2. The lowest BCUT2D eigenvalue weighted by Crippen LogP contribution is -2.37. The summed E-state index contributed by atoms with van der Waals surface area (Å²) in [5.41, 5.74) is 2.28. The summed E-state index contributed by atoms with van der Waals surface area (Å²) >= 11 is 1.46. The smallest absolute Gasteiger partial charge is 0.340 e. The number of hydrogen-bond donors (Lipinski definition) is 0. The van der Waals surface area contributed by atoms with Crippen LogP contribution in [0.1, 0.15) is 21.7 Å². The molecule has 0 bridgehead atoms. The van der Waals surface area contributed by atoms with Crippen LogP contribution in [0, 0.1) is 13.8 Å². The Kier molecular flexibility index (Phi) is 5.16. The van der Waals surface area contributed by atoms with Crippen LogP contribution in [0.3, 0.4) is 0 Å². The summed E-state index contributed by atoms with van der Waals surface area (Å²) in [6.45, 7) is 3.50. The molecule has 9 nitrogen and oxygen atoms in total. The van der Waals surface area contributed by atoms with Crippen molar-refractivity contribution in [3.05, 3.63) is 58.5 Å². The first-order valence-electron chi connectivity index (χ1n) is 9.03. The average Bonchev–Trinajstić information content (AvgIpc) is 3.32. The molecule has 0 aromatic carbocycles. The van der Waals surface area contributed by atoms with Crippen LogP contribution in [-0.2, 0) is 19.6 Å². The van der Waals surface area contributed by atoms with E-state index in [-0.39, 0.29) is 29.5 Å². The van der Waals surface area contributed by atoms with Crippen LogP contribution in [0.2, 0.25) is 0 Å². The number of thiazole rings is 1. The van der Waals surface area contributed by atoms with Crippen LogP contribution in [0.25, 0.3) is 5.13 Å². The third-order valence-corrected chi connectivity index (χ3v) is 6.66. The Hall–Kier alpha value is -3.05. The zero-order valence-electron chi connectivity index (χ0n) is 16.2. The van der Waals surface area contributed by atoms with Gasteiger partial charge in [0.15, 0.2) is 11.7 Å². The van der Waals surface area contributed by atoms with Gasteiger partial charge in [0.25, 0.3) is 10.0 Å². The lowest BCUT2D eigenvalue weighted by Gasteiger charge is -2.26. The SMILES string of the molecule is Cc1cc(C(=O)COC(=O)C2=CN3CCS(=O)(=O)N=C3C=C2)c(C)n1-c1nccs1. The fraction of sp³-hybridized carbons (Fsp3) is 0.263. The molecule has 4 rings (SSSR count). The first-order chi connectivity index (χ1) is 14.2. The molecule has 0 saturated carbocycles. The molecular weight excluding hydrogens is 428 g/mol. The fourth-order valence-electron chi connectivity index (χ4n) is 3.28. The second-order valence-electron chi connectivity index (χ2n) is 6.78. The van der Waals surface area contributed by atoms with Gasteiger partial charge in [-0.1, -0.05) is 0 Å². The first kappa shape index (κ1) is 20.2. The maximum atomic E-state index is 12.6. The van der Waals surface area contributed by atoms with E-state index in [0.29, 0.717) is 5.56 Å². The van der Waals surface area contributed by atoms with Gasteiger partial charge in [0.1, 0.15) is 5.84 Å². The van der Waals surface area contributed by atoms with Crippen molar-refractivity contribution in [3.63, 3.8) is 0 Å². The molecule has 0 saturated heterocycles. The van der Waals surface area contributed by atoms with Crippen molar-refractivity contribution in [1.82, 2.24) is 14.5 Å². The van der Waals surface area contributed by atoms with E-state index in [0.717, 1.165) is 16.5 Å². The summed E-state index contributed by atoms with van der Waals surface area (Å²) < 4.78 is 33.9. The molecular formula is C19H18N4O5S2. The van der Waals surface area contributed by atoms with Crippen LogP contribution < -0.4 is 0 Å². The molecule has 2 aliphatic heterocycles. The number of carbonyl (C=O) groups excluding carboxylic acids is 2. The molecule has 0 N–H and O–H groups in total. The molecule has 11 heteroatoms. The number of amidine groups is 1. The molecule has 4 heterocycles. The van der Waals surface area contributed by atoms with Crippen LogP contribution in [0.4, 0.5) is 0 Å². The van der Waals surface area contributed by atoms with Crippen molar-refractivity contribution in [2.45, 2.75) is 13.8 Å². The Morgan fingerprint density at radius 2 is 2.07 bits per heavy atom. The minimum atomic E-state index is -3.47. The Balaban J connectivity index is 1.44. The van der Waals surface area contributed by atoms with E-state index in [1.54, 1.807) is 17.2 Å².